The van der Waals surface area contributed by atoms with Crippen molar-refractivity contribution in [2.24, 2.45) is 7.05 Å². The Morgan fingerprint density at radius 3 is 3.00 bits per heavy atom. The lowest BCUT2D eigenvalue weighted by Gasteiger charge is -2.19. The van der Waals surface area contributed by atoms with Gasteiger partial charge in [0.2, 0.25) is 5.91 Å². The summed E-state index contributed by atoms with van der Waals surface area (Å²) in [4.78, 5) is 29.1. The molecule has 0 atom stereocenters. The second-order valence-corrected chi connectivity index (χ2v) is 6.38. The zero-order valence-electron chi connectivity index (χ0n) is 14.0. The van der Waals surface area contributed by atoms with Crippen LogP contribution in [0.3, 0.4) is 0 Å². The Kier molecular flexibility index (Phi) is 3.83. The van der Waals surface area contributed by atoms with Crippen LogP contribution in [0.1, 0.15) is 24.0 Å². The molecule has 1 amide bonds. The lowest BCUT2D eigenvalue weighted by atomic mass is 9.90. The van der Waals surface area contributed by atoms with Gasteiger partial charge in [0.25, 0.3) is 5.56 Å². The Hall–Kier alpha value is -2.96. The van der Waals surface area contributed by atoms with E-state index in [1.54, 1.807) is 7.05 Å². The number of aromatic nitrogens is 4. The molecule has 7 heteroatoms. The van der Waals surface area contributed by atoms with Gasteiger partial charge in [-0.3, -0.25) is 18.8 Å². The minimum absolute atomic E-state index is 0.0691. The van der Waals surface area contributed by atoms with Crippen LogP contribution in [0.5, 0.6) is 0 Å². The van der Waals surface area contributed by atoms with Gasteiger partial charge in [0.15, 0.2) is 5.65 Å². The number of carbonyl (C=O) groups is 1. The Morgan fingerprint density at radius 2 is 2.12 bits per heavy atom. The molecular weight excluding hydrogens is 318 g/mol. The average molecular weight is 337 g/mol. The highest BCUT2D eigenvalue weighted by molar-refractivity contribution is 5.91. The Balaban J connectivity index is 1.57. The van der Waals surface area contributed by atoms with Crippen LogP contribution in [0, 0.1) is 0 Å². The number of nitrogens with one attached hydrogen (secondary N) is 1. The number of anilines is 1. The van der Waals surface area contributed by atoms with Crippen LogP contribution in [-0.2, 0) is 31.2 Å². The van der Waals surface area contributed by atoms with Crippen molar-refractivity contribution in [2.75, 3.05) is 5.32 Å². The van der Waals surface area contributed by atoms with Crippen molar-refractivity contribution in [3.8, 4) is 0 Å². The Morgan fingerprint density at radius 1 is 1.28 bits per heavy atom. The third kappa shape index (κ3) is 2.82. The third-order valence-corrected chi connectivity index (χ3v) is 4.70. The molecule has 0 unspecified atom stereocenters. The predicted octanol–water partition coefficient (Wildman–Crippen LogP) is 1.65. The van der Waals surface area contributed by atoms with Gasteiger partial charge in [0.05, 0.1) is 6.20 Å². The molecule has 3 aromatic rings. The van der Waals surface area contributed by atoms with Gasteiger partial charge in [0.1, 0.15) is 18.3 Å². The van der Waals surface area contributed by atoms with Gasteiger partial charge in [-0.2, -0.15) is 5.10 Å². The summed E-state index contributed by atoms with van der Waals surface area (Å²) in [5.41, 5.74) is 3.63. The summed E-state index contributed by atoms with van der Waals surface area (Å²) < 4.78 is 2.85. The summed E-state index contributed by atoms with van der Waals surface area (Å²) in [5, 5.41) is 7.40. The molecule has 0 saturated heterocycles. The second-order valence-electron chi connectivity index (χ2n) is 6.38. The highest BCUT2D eigenvalue weighted by atomic mass is 16.2. The molecule has 0 fully saturated rings. The van der Waals surface area contributed by atoms with Crippen LogP contribution >= 0.6 is 0 Å². The minimum Gasteiger partial charge on any atom is -0.324 e. The van der Waals surface area contributed by atoms with Crippen molar-refractivity contribution >= 4 is 22.6 Å². The number of hydrogen-bond donors (Lipinski definition) is 1. The van der Waals surface area contributed by atoms with Crippen LogP contribution < -0.4 is 10.9 Å². The number of hydrogen-bond acceptors (Lipinski definition) is 4. The van der Waals surface area contributed by atoms with Crippen LogP contribution in [0.25, 0.3) is 11.0 Å². The minimum atomic E-state index is -0.261. The molecule has 128 valence electrons. The Labute approximate surface area is 144 Å². The van der Waals surface area contributed by atoms with Crippen molar-refractivity contribution in [1.29, 1.82) is 0 Å². The first-order valence-electron chi connectivity index (χ1n) is 8.41. The molecule has 25 heavy (non-hydrogen) atoms. The van der Waals surface area contributed by atoms with E-state index in [0.29, 0.717) is 11.0 Å². The van der Waals surface area contributed by atoms with Crippen molar-refractivity contribution in [3.05, 3.63) is 52.2 Å². The molecule has 0 spiro atoms. The first kappa shape index (κ1) is 15.6. The normalized spacial score (nSPS) is 13.6. The summed E-state index contributed by atoms with van der Waals surface area (Å²) in [6, 6.07) is 6.01. The van der Waals surface area contributed by atoms with E-state index in [1.165, 1.54) is 39.3 Å². The van der Waals surface area contributed by atoms with Crippen molar-refractivity contribution in [3.63, 3.8) is 0 Å². The standard InChI is InChI=1S/C18H19N5O2/c1-22-17-14(9-20-22)18(25)23(11-19-17)10-16(24)21-15-8-4-6-12-5-2-3-7-13(12)15/h4,6,8-9,11H,2-3,5,7,10H2,1H3,(H,21,24). The van der Waals surface area contributed by atoms with E-state index in [9.17, 15) is 9.59 Å². The zero-order valence-corrected chi connectivity index (χ0v) is 14.0. The highest BCUT2D eigenvalue weighted by Gasteiger charge is 2.15. The fraction of sp³-hybridized carbons (Fsp3) is 0.333. The first-order valence-corrected chi connectivity index (χ1v) is 8.41. The van der Waals surface area contributed by atoms with Gasteiger partial charge in [0, 0.05) is 12.7 Å². The topological polar surface area (TPSA) is 81.8 Å². The molecule has 1 aliphatic carbocycles. The second kappa shape index (κ2) is 6.16. The van der Waals surface area contributed by atoms with Gasteiger partial charge in [-0.05, 0) is 42.9 Å². The largest absolute Gasteiger partial charge is 0.324 e. The number of aryl methyl sites for hydroxylation is 2. The molecule has 0 aliphatic heterocycles. The third-order valence-electron chi connectivity index (χ3n) is 4.70. The fourth-order valence-electron chi connectivity index (χ4n) is 3.42. The number of amides is 1. The molecule has 1 N–H and O–H groups in total. The molecule has 1 aliphatic rings. The lowest BCUT2D eigenvalue weighted by molar-refractivity contribution is -0.116. The van der Waals surface area contributed by atoms with Crippen LogP contribution in [0.4, 0.5) is 5.69 Å². The van der Waals surface area contributed by atoms with Crippen LogP contribution in [0.2, 0.25) is 0 Å². The van der Waals surface area contributed by atoms with Crippen LogP contribution in [-0.4, -0.2) is 25.2 Å². The summed E-state index contributed by atoms with van der Waals surface area (Å²) in [6.45, 7) is -0.0691. The van der Waals surface area contributed by atoms with E-state index in [-0.39, 0.29) is 18.0 Å². The maximum Gasteiger partial charge on any atom is 0.264 e. The smallest absolute Gasteiger partial charge is 0.264 e. The van der Waals surface area contributed by atoms with Crippen molar-refractivity contribution in [2.45, 2.75) is 32.2 Å². The van der Waals surface area contributed by atoms with Gasteiger partial charge in [-0.1, -0.05) is 12.1 Å². The molecule has 0 radical (unpaired) electrons. The number of carbonyl (C=O) groups excluding carboxylic acids is 1. The quantitative estimate of drug-likeness (QED) is 0.788. The van der Waals surface area contributed by atoms with E-state index in [0.717, 1.165) is 24.9 Å². The van der Waals surface area contributed by atoms with Crippen molar-refractivity contribution < 1.29 is 4.79 Å². The molecule has 1 aromatic carbocycles. The molecule has 0 bridgehead atoms. The summed E-state index contributed by atoms with van der Waals surface area (Å²) in [5.74, 6) is -0.230. The van der Waals surface area contributed by atoms with E-state index in [2.05, 4.69) is 21.5 Å². The van der Waals surface area contributed by atoms with Gasteiger partial charge in [-0.25, -0.2) is 4.98 Å². The lowest BCUT2D eigenvalue weighted by Crippen LogP contribution is -2.28. The van der Waals surface area contributed by atoms with Gasteiger partial charge < -0.3 is 5.32 Å². The molecule has 7 nitrogen and oxygen atoms in total. The van der Waals surface area contributed by atoms with E-state index in [1.807, 2.05) is 12.1 Å². The zero-order chi connectivity index (χ0) is 17.4. The molecule has 0 saturated carbocycles. The number of nitrogens with zero attached hydrogens (tertiary/aromatic N) is 4. The summed E-state index contributed by atoms with van der Waals surface area (Å²) >= 11 is 0. The first-order chi connectivity index (χ1) is 12.1. The number of rotatable bonds is 3. The average Bonchev–Trinajstić information content (AvgIpc) is 2.99. The van der Waals surface area contributed by atoms with E-state index < -0.39 is 0 Å². The van der Waals surface area contributed by atoms with Crippen LogP contribution in [0.15, 0.2) is 35.5 Å². The number of benzene rings is 1. The molecule has 4 rings (SSSR count). The Bertz CT molecular complexity index is 1020. The monoisotopic (exact) mass is 337 g/mol. The molecule has 2 aromatic heterocycles. The van der Waals surface area contributed by atoms with Gasteiger partial charge >= 0.3 is 0 Å². The van der Waals surface area contributed by atoms with Gasteiger partial charge in [-0.15, -0.1) is 0 Å². The van der Waals surface area contributed by atoms with E-state index in [4.69, 9.17) is 0 Å². The molecular formula is C18H19N5O2. The highest BCUT2D eigenvalue weighted by Crippen LogP contribution is 2.27. The fourth-order valence-corrected chi connectivity index (χ4v) is 3.42. The maximum atomic E-state index is 12.5. The predicted molar refractivity (Wildman–Crippen MR) is 94.5 cm³/mol. The SMILES string of the molecule is Cn1ncc2c(=O)n(CC(=O)Nc3cccc4c3CCCC4)cnc21. The summed E-state index contributed by atoms with van der Waals surface area (Å²) in [6.07, 6.45) is 7.24. The van der Waals surface area contributed by atoms with Crippen molar-refractivity contribution in [1.82, 2.24) is 19.3 Å². The number of fused-ring (bicyclic) bond motifs is 2. The summed E-state index contributed by atoms with van der Waals surface area (Å²) in [7, 11) is 1.73. The molecule has 2 heterocycles. The maximum absolute atomic E-state index is 12.5. The van der Waals surface area contributed by atoms with E-state index >= 15 is 0 Å².